The summed E-state index contributed by atoms with van der Waals surface area (Å²) in [6.07, 6.45) is 1.58. The Morgan fingerprint density at radius 2 is 2.12 bits per heavy atom. The third kappa shape index (κ3) is 2.44. The van der Waals surface area contributed by atoms with E-state index in [4.69, 9.17) is 10.5 Å². The normalized spacial score (nSPS) is 10.2. The van der Waals surface area contributed by atoms with Crippen LogP contribution in [0, 0.1) is 0 Å². The number of nitrogens with one attached hydrogen (secondary N) is 1. The van der Waals surface area contributed by atoms with Crippen molar-refractivity contribution >= 4 is 5.91 Å². The summed E-state index contributed by atoms with van der Waals surface area (Å²) in [5.74, 6) is 0.405. The third-order valence-electron chi connectivity index (χ3n) is 2.29. The molecule has 1 heterocycles. The second kappa shape index (κ2) is 4.69. The lowest BCUT2D eigenvalue weighted by atomic mass is 10.2. The Labute approximate surface area is 98.6 Å². The van der Waals surface area contributed by atoms with Gasteiger partial charge in [-0.1, -0.05) is 0 Å². The van der Waals surface area contributed by atoms with Crippen molar-refractivity contribution in [2.45, 2.75) is 6.92 Å². The van der Waals surface area contributed by atoms with Crippen molar-refractivity contribution in [2.75, 3.05) is 6.61 Å². The first kappa shape index (κ1) is 11.2. The van der Waals surface area contributed by atoms with Gasteiger partial charge in [-0.15, -0.1) is 0 Å². The highest BCUT2D eigenvalue weighted by molar-refractivity contribution is 5.89. The minimum Gasteiger partial charge on any atom is -0.494 e. The Hall–Kier alpha value is -2.30. The van der Waals surface area contributed by atoms with Gasteiger partial charge >= 0.3 is 0 Å². The molecule has 0 unspecified atom stereocenters. The maximum Gasteiger partial charge on any atom is 0.284 e. The molecule has 17 heavy (non-hydrogen) atoms. The molecule has 1 aromatic carbocycles. The van der Waals surface area contributed by atoms with Crippen molar-refractivity contribution in [3.8, 4) is 17.0 Å². The summed E-state index contributed by atoms with van der Waals surface area (Å²) in [4.78, 5) is 17.6. The smallest absolute Gasteiger partial charge is 0.284 e. The van der Waals surface area contributed by atoms with Crippen molar-refractivity contribution in [3.05, 3.63) is 36.3 Å². The van der Waals surface area contributed by atoms with E-state index in [9.17, 15) is 4.79 Å². The van der Waals surface area contributed by atoms with Crippen LogP contribution in [0.25, 0.3) is 11.3 Å². The predicted molar refractivity (Wildman–Crippen MR) is 63.7 cm³/mol. The number of imidazole rings is 1. The van der Waals surface area contributed by atoms with Crippen molar-refractivity contribution in [3.63, 3.8) is 0 Å². The van der Waals surface area contributed by atoms with Gasteiger partial charge in [0.05, 0.1) is 18.5 Å². The fraction of sp³-hybridized carbons (Fsp3) is 0.167. The molecule has 2 rings (SSSR count). The van der Waals surface area contributed by atoms with Crippen LogP contribution in [0.3, 0.4) is 0 Å². The largest absolute Gasteiger partial charge is 0.494 e. The highest BCUT2D eigenvalue weighted by atomic mass is 16.5. The second-order valence-electron chi connectivity index (χ2n) is 3.47. The number of aromatic amines is 1. The zero-order chi connectivity index (χ0) is 12.3. The number of hydrogen-bond acceptors (Lipinski definition) is 3. The number of amides is 1. The Kier molecular flexibility index (Phi) is 3.09. The molecule has 88 valence electrons. The van der Waals surface area contributed by atoms with Crippen LogP contribution in [-0.2, 0) is 0 Å². The minimum atomic E-state index is -0.567. The Morgan fingerprint density at radius 3 is 2.65 bits per heavy atom. The second-order valence-corrected chi connectivity index (χ2v) is 3.47. The van der Waals surface area contributed by atoms with Crippen LogP contribution in [0.15, 0.2) is 30.5 Å². The zero-order valence-electron chi connectivity index (χ0n) is 9.43. The number of ether oxygens (including phenoxy) is 1. The molecule has 0 atom stereocenters. The molecule has 2 aromatic rings. The standard InChI is InChI=1S/C12H13N3O2/c1-2-17-9-5-3-8(4-6-9)10-7-14-12(15-10)11(13)16/h3-7H,2H2,1H3,(H2,13,16)(H,14,15). The lowest BCUT2D eigenvalue weighted by Gasteiger charge is -2.03. The van der Waals surface area contributed by atoms with Gasteiger partial charge in [0.25, 0.3) is 5.91 Å². The van der Waals surface area contributed by atoms with Crippen LogP contribution < -0.4 is 10.5 Å². The molecule has 1 aromatic heterocycles. The molecule has 0 aliphatic carbocycles. The molecule has 0 aliphatic rings. The van der Waals surface area contributed by atoms with Gasteiger partial charge < -0.3 is 15.5 Å². The first-order valence-electron chi connectivity index (χ1n) is 5.28. The van der Waals surface area contributed by atoms with Crippen LogP contribution in [0.4, 0.5) is 0 Å². The number of nitrogens with two attached hydrogens (primary N) is 1. The van der Waals surface area contributed by atoms with Crippen molar-refractivity contribution < 1.29 is 9.53 Å². The number of rotatable bonds is 4. The van der Waals surface area contributed by atoms with Gasteiger partial charge in [-0.3, -0.25) is 4.79 Å². The quantitative estimate of drug-likeness (QED) is 0.838. The maximum absolute atomic E-state index is 10.9. The fourth-order valence-corrected chi connectivity index (χ4v) is 1.49. The molecule has 0 saturated carbocycles. The number of primary amides is 1. The Morgan fingerprint density at radius 1 is 1.41 bits per heavy atom. The van der Waals surface area contributed by atoms with Gasteiger partial charge in [0.2, 0.25) is 0 Å². The van der Waals surface area contributed by atoms with Crippen molar-refractivity contribution in [1.29, 1.82) is 0 Å². The van der Waals surface area contributed by atoms with Crippen LogP contribution >= 0.6 is 0 Å². The Bertz CT molecular complexity index is 517. The van der Waals surface area contributed by atoms with Gasteiger partial charge in [-0.05, 0) is 36.8 Å². The Balaban J connectivity index is 2.23. The number of aromatic nitrogens is 2. The van der Waals surface area contributed by atoms with E-state index < -0.39 is 5.91 Å². The molecule has 0 aliphatic heterocycles. The molecule has 0 spiro atoms. The van der Waals surface area contributed by atoms with E-state index >= 15 is 0 Å². The van der Waals surface area contributed by atoms with Crippen LogP contribution in [-0.4, -0.2) is 22.5 Å². The van der Waals surface area contributed by atoms with Crippen molar-refractivity contribution in [2.24, 2.45) is 5.73 Å². The van der Waals surface area contributed by atoms with Gasteiger partial charge in [0.15, 0.2) is 5.82 Å². The number of carbonyl (C=O) groups excluding carboxylic acids is 1. The maximum atomic E-state index is 10.9. The summed E-state index contributed by atoms with van der Waals surface area (Å²) >= 11 is 0. The number of nitrogens with zero attached hydrogens (tertiary/aromatic N) is 1. The summed E-state index contributed by atoms with van der Waals surface area (Å²) in [5, 5.41) is 0. The van der Waals surface area contributed by atoms with E-state index in [1.807, 2.05) is 31.2 Å². The van der Waals surface area contributed by atoms with Crippen LogP contribution in [0.1, 0.15) is 17.5 Å². The summed E-state index contributed by atoms with van der Waals surface area (Å²) < 4.78 is 5.34. The van der Waals surface area contributed by atoms with E-state index in [1.54, 1.807) is 6.20 Å². The third-order valence-corrected chi connectivity index (χ3v) is 2.29. The fourth-order valence-electron chi connectivity index (χ4n) is 1.49. The van der Waals surface area contributed by atoms with Crippen LogP contribution in [0.2, 0.25) is 0 Å². The van der Waals surface area contributed by atoms with E-state index in [-0.39, 0.29) is 5.82 Å². The number of carbonyl (C=O) groups is 1. The molecule has 0 saturated heterocycles. The van der Waals surface area contributed by atoms with E-state index in [1.165, 1.54) is 0 Å². The first-order chi connectivity index (χ1) is 8.20. The van der Waals surface area contributed by atoms with E-state index in [2.05, 4.69) is 9.97 Å². The monoisotopic (exact) mass is 231 g/mol. The summed E-state index contributed by atoms with van der Waals surface area (Å²) in [5.41, 5.74) is 6.79. The highest BCUT2D eigenvalue weighted by Crippen LogP contribution is 2.20. The summed E-state index contributed by atoms with van der Waals surface area (Å²) in [6, 6.07) is 7.51. The first-order valence-corrected chi connectivity index (χ1v) is 5.28. The van der Waals surface area contributed by atoms with Crippen LogP contribution in [0.5, 0.6) is 5.75 Å². The molecule has 0 radical (unpaired) electrons. The molecule has 0 fully saturated rings. The number of hydrogen-bond donors (Lipinski definition) is 2. The van der Waals surface area contributed by atoms with E-state index in [0.29, 0.717) is 6.61 Å². The number of benzene rings is 1. The molecule has 5 heteroatoms. The topological polar surface area (TPSA) is 81.0 Å². The van der Waals surface area contributed by atoms with Gasteiger partial charge in [0.1, 0.15) is 5.75 Å². The molecule has 0 bridgehead atoms. The average molecular weight is 231 g/mol. The number of H-pyrrole nitrogens is 1. The molecule has 3 N–H and O–H groups in total. The summed E-state index contributed by atoms with van der Waals surface area (Å²) in [7, 11) is 0. The van der Waals surface area contributed by atoms with Gasteiger partial charge in [-0.2, -0.15) is 0 Å². The minimum absolute atomic E-state index is 0.161. The lowest BCUT2D eigenvalue weighted by Crippen LogP contribution is -2.12. The SMILES string of the molecule is CCOc1ccc(-c2cnc(C(N)=O)[nH]2)cc1. The molecule has 5 nitrogen and oxygen atoms in total. The molecular weight excluding hydrogens is 218 g/mol. The van der Waals surface area contributed by atoms with E-state index in [0.717, 1.165) is 17.0 Å². The lowest BCUT2D eigenvalue weighted by molar-refractivity contribution is 0.0991. The van der Waals surface area contributed by atoms with Gasteiger partial charge in [0, 0.05) is 0 Å². The molecular formula is C12H13N3O2. The summed E-state index contributed by atoms with van der Waals surface area (Å²) in [6.45, 7) is 2.57. The average Bonchev–Trinajstić information content (AvgIpc) is 2.80. The highest BCUT2D eigenvalue weighted by Gasteiger charge is 2.07. The predicted octanol–water partition coefficient (Wildman–Crippen LogP) is 1.57. The van der Waals surface area contributed by atoms with Gasteiger partial charge in [-0.25, -0.2) is 4.98 Å². The zero-order valence-corrected chi connectivity index (χ0v) is 9.43. The molecule has 1 amide bonds. The van der Waals surface area contributed by atoms with Crippen molar-refractivity contribution in [1.82, 2.24) is 9.97 Å².